The van der Waals surface area contributed by atoms with Crippen molar-refractivity contribution in [3.63, 3.8) is 0 Å². The molecule has 0 unspecified atom stereocenters. The summed E-state index contributed by atoms with van der Waals surface area (Å²) in [5.74, 6) is 0.574. The van der Waals surface area contributed by atoms with Gasteiger partial charge in [-0.15, -0.1) is 11.3 Å². The van der Waals surface area contributed by atoms with Gasteiger partial charge < -0.3 is 19.0 Å². The van der Waals surface area contributed by atoms with Crippen LogP contribution in [0.1, 0.15) is 5.56 Å². The third-order valence-electron chi connectivity index (χ3n) is 7.67. The van der Waals surface area contributed by atoms with Crippen molar-refractivity contribution >= 4 is 60.0 Å². The number of ether oxygens (including phenoxy) is 1. The van der Waals surface area contributed by atoms with E-state index in [4.69, 9.17) is 9.15 Å². The second kappa shape index (κ2) is 10.5. The second-order valence-corrected chi connectivity index (χ2v) is 11.2. The van der Waals surface area contributed by atoms with Crippen molar-refractivity contribution in [2.75, 3.05) is 43.2 Å². The SMILES string of the molecule is CN(C(=O)Cc1cccnc1)c1ccc2sc3c(-c4cccc5c(=O)cc(N6CCOCC6)oc45)cccc3c2c1. The number of nitrogens with zero attached hydrogens (tertiary/aromatic N) is 3. The van der Waals surface area contributed by atoms with Crippen LogP contribution in [0.15, 0.2) is 94.4 Å². The van der Waals surface area contributed by atoms with E-state index in [9.17, 15) is 9.59 Å². The molecule has 7 rings (SSSR count). The Morgan fingerprint density at radius 3 is 2.56 bits per heavy atom. The average molecular weight is 562 g/mol. The quantitative estimate of drug-likeness (QED) is 0.247. The van der Waals surface area contributed by atoms with Gasteiger partial charge in [-0.2, -0.15) is 0 Å². The molecule has 8 heteroatoms. The van der Waals surface area contributed by atoms with Gasteiger partial charge in [0.25, 0.3) is 0 Å². The predicted octanol–water partition coefficient (Wildman–Crippen LogP) is 6.27. The molecule has 6 aromatic rings. The van der Waals surface area contributed by atoms with Crippen molar-refractivity contribution < 1.29 is 13.9 Å². The number of likely N-dealkylation sites (N-methyl/N-ethyl adjacent to an activating group) is 1. The molecule has 0 saturated carbocycles. The molecule has 0 atom stereocenters. The molecule has 1 aliphatic rings. The van der Waals surface area contributed by atoms with Crippen molar-refractivity contribution in [3.05, 3.63) is 101 Å². The van der Waals surface area contributed by atoms with Crippen molar-refractivity contribution in [1.29, 1.82) is 0 Å². The van der Waals surface area contributed by atoms with E-state index in [2.05, 4.69) is 34.1 Å². The van der Waals surface area contributed by atoms with Crippen LogP contribution in [-0.4, -0.2) is 44.2 Å². The molecule has 204 valence electrons. The maximum Gasteiger partial charge on any atom is 0.231 e. The van der Waals surface area contributed by atoms with Gasteiger partial charge >= 0.3 is 0 Å². The molecule has 0 bridgehead atoms. The minimum absolute atomic E-state index is 0.000527. The molecule has 0 N–H and O–H groups in total. The summed E-state index contributed by atoms with van der Waals surface area (Å²) in [6.07, 6.45) is 3.72. The minimum Gasteiger partial charge on any atom is -0.440 e. The molecule has 7 nitrogen and oxygen atoms in total. The first kappa shape index (κ1) is 25.4. The molecule has 4 heterocycles. The lowest BCUT2D eigenvalue weighted by atomic mass is 10.0. The number of hydrogen-bond donors (Lipinski definition) is 0. The van der Waals surface area contributed by atoms with Gasteiger partial charge in [-0.1, -0.05) is 36.4 Å². The number of fused-ring (bicyclic) bond motifs is 4. The summed E-state index contributed by atoms with van der Waals surface area (Å²) in [5, 5.41) is 2.75. The summed E-state index contributed by atoms with van der Waals surface area (Å²) in [6, 6.07) is 23.5. The third kappa shape index (κ3) is 4.65. The van der Waals surface area contributed by atoms with Crippen LogP contribution in [0.3, 0.4) is 0 Å². The molecule has 1 amide bonds. The van der Waals surface area contributed by atoms with E-state index < -0.39 is 0 Å². The topological polar surface area (TPSA) is 75.9 Å². The number of pyridine rings is 1. The molecule has 3 aromatic heterocycles. The number of benzene rings is 3. The lowest BCUT2D eigenvalue weighted by Gasteiger charge is -2.27. The highest BCUT2D eigenvalue weighted by Gasteiger charge is 2.20. The second-order valence-electron chi connectivity index (χ2n) is 10.2. The number of para-hydroxylation sites is 1. The van der Waals surface area contributed by atoms with Crippen LogP contribution in [0.2, 0.25) is 0 Å². The van der Waals surface area contributed by atoms with E-state index >= 15 is 0 Å². The Morgan fingerprint density at radius 2 is 1.76 bits per heavy atom. The summed E-state index contributed by atoms with van der Waals surface area (Å²) in [5.41, 5.74) is 4.15. The van der Waals surface area contributed by atoms with Gasteiger partial charge in [-0.05, 0) is 35.9 Å². The summed E-state index contributed by atoms with van der Waals surface area (Å²) >= 11 is 1.70. The van der Waals surface area contributed by atoms with Gasteiger partial charge in [-0.25, -0.2) is 0 Å². The normalized spacial score (nSPS) is 13.7. The van der Waals surface area contributed by atoms with Gasteiger partial charge in [-0.3, -0.25) is 14.6 Å². The first-order valence-corrected chi connectivity index (χ1v) is 14.4. The largest absolute Gasteiger partial charge is 0.440 e. The van der Waals surface area contributed by atoms with Crippen LogP contribution in [0.25, 0.3) is 42.3 Å². The maximum absolute atomic E-state index is 13.2. The average Bonchev–Trinajstić information content (AvgIpc) is 3.39. The maximum atomic E-state index is 13.2. The van der Waals surface area contributed by atoms with Crippen molar-refractivity contribution in [2.24, 2.45) is 0 Å². The molecule has 0 radical (unpaired) electrons. The zero-order valence-corrected chi connectivity index (χ0v) is 23.3. The highest BCUT2D eigenvalue weighted by molar-refractivity contribution is 7.26. The summed E-state index contributed by atoms with van der Waals surface area (Å²) in [7, 11) is 1.81. The summed E-state index contributed by atoms with van der Waals surface area (Å²) < 4.78 is 14.2. The van der Waals surface area contributed by atoms with E-state index in [1.807, 2.05) is 49.5 Å². The number of thiophene rings is 1. The predicted molar refractivity (Wildman–Crippen MR) is 165 cm³/mol. The first-order valence-electron chi connectivity index (χ1n) is 13.6. The van der Waals surface area contributed by atoms with Crippen molar-refractivity contribution in [1.82, 2.24) is 4.98 Å². The fraction of sp³-hybridized carbons (Fsp3) is 0.182. The molecule has 1 saturated heterocycles. The number of amides is 1. The lowest BCUT2D eigenvalue weighted by Crippen LogP contribution is -2.36. The standard InChI is InChI=1S/C33H27N3O4S/c1-35(30(38)17-21-5-4-12-34-20-21)22-10-11-29-27(18-22)25-8-3-7-24(33(25)41-29)23-6-2-9-26-28(37)19-31(40-32(23)26)36-13-15-39-16-14-36/h2-12,18-20H,13-17H2,1H3. The Kier molecular flexibility index (Phi) is 6.49. The molecule has 3 aromatic carbocycles. The van der Waals surface area contributed by atoms with Crippen LogP contribution < -0.4 is 15.2 Å². The fourth-order valence-corrected chi connectivity index (χ4v) is 6.67. The van der Waals surface area contributed by atoms with E-state index in [0.717, 1.165) is 42.6 Å². The number of hydrogen-bond acceptors (Lipinski definition) is 7. The number of morpholine rings is 1. The molecule has 0 spiro atoms. The zero-order valence-electron chi connectivity index (χ0n) is 22.5. The van der Waals surface area contributed by atoms with Crippen LogP contribution in [0, 0.1) is 0 Å². The van der Waals surface area contributed by atoms with Crippen LogP contribution >= 0.6 is 11.3 Å². The van der Waals surface area contributed by atoms with E-state index in [0.29, 0.717) is 43.2 Å². The Labute approximate surface area is 240 Å². The van der Waals surface area contributed by atoms with Gasteiger partial charge in [0.05, 0.1) is 25.0 Å². The summed E-state index contributed by atoms with van der Waals surface area (Å²) in [6.45, 7) is 2.58. The van der Waals surface area contributed by atoms with Gasteiger partial charge in [0.2, 0.25) is 5.91 Å². The third-order valence-corrected chi connectivity index (χ3v) is 8.89. The smallest absolute Gasteiger partial charge is 0.231 e. The molecular formula is C33H27N3O4S. The molecule has 1 fully saturated rings. The van der Waals surface area contributed by atoms with E-state index in [-0.39, 0.29) is 17.8 Å². The Balaban J connectivity index is 1.31. The van der Waals surface area contributed by atoms with E-state index in [1.54, 1.807) is 34.7 Å². The molecular weight excluding hydrogens is 534 g/mol. The number of carbonyl (C=O) groups is 1. The number of rotatable bonds is 5. The first-order chi connectivity index (χ1) is 20.1. The van der Waals surface area contributed by atoms with Gasteiger partial charge in [0, 0.05) is 75.6 Å². The highest BCUT2D eigenvalue weighted by Crippen LogP contribution is 2.42. The molecule has 0 aliphatic carbocycles. The van der Waals surface area contributed by atoms with Crippen molar-refractivity contribution in [2.45, 2.75) is 6.42 Å². The van der Waals surface area contributed by atoms with Crippen LogP contribution in [0.5, 0.6) is 0 Å². The highest BCUT2D eigenvalue weighted by atomic mass is 32.1. The Morgan fingerprint density at radius 1 is 0.951 bits per heavy atom. The zero-order chi connectivity index (χ0) is 27.9. The van der Waals surface area contributed by atoms with Crippen LogP contribution in [0.4, 0.5) is 11.6 Å². The van der Waals surface area contributed by atoms with Gasteiger partial charge in [0.15, 0.2) is 11.3 Å². The number of anilines is 2. The number of carbonyl (C=O) groups excluding carboxylic acids is 1. The number of aromatic nitrogens is 1. The Hall–Kier alpha value is -4.53. The Bertz CT molecular complexity index is 1980. The van der Waals surface area contributed by atoms with Gasteiger partial charge in [0.1, 0.15) is 5.58 Å². The van der Waals surface area contributed by atoms with Crippen LogP contribution in [-0.2, 0) is 16.0 Å². The van der Waals surface area contributed by atoms with E-state index in [1.165, 1.54) is 0 Å². The minimum atomic E-state index is -0.0539. The monoisotopic (exact) mass is 561 g/mol. The summed E-state index contributed by atoms with van der Waals surface area (Å²) in [4.78, 5) is 34.1. The fourth-order valence-electron chi connectivity index (χ4n) is 5.46. The molecule has 1 aliphatic heterocycles. The lowest BCUT2D eigenvalue weighted by molar-refractivity contribution is -0.117. The molecule has 41 heavy (non-hydrogen) atoms. The van der Waals surface area contributed by atoms with Crippen molar-refractivity contribution in [3.8, 4) is 11.1 Å².